The van der Waals surface area contributed by atoms with E-state index in [0.29, 0.717) is 17.9 Å². The van der Waals surface area contributed by atoms with Gasteiger partial charge in [-0.1, -0.05) is 30.3 Å². The van der Waals surface area contributed by atoms with Gasteiger partial charge in [0, 0.05) is 6.54 Å². The Morgan fingerprint density at radius 2 is 1.86 bits per heavy atom. The van der Waals surface area contributed by atoms with E-state index in [0.717, 1.165) is 33.6 Å². The molecule has 0 amide bonds. The fourth-order valence-corrected chi connectivity index (χ4v) is 4.11. The molecule has 0 radical (unpaired) electrons. The Morgan fingerprint density at radius 1 is 1.03 bits per heavy atom. The maximum atomic E-state index is 6.06. The van der Waals surface area contributed by atoms with Crippen molar-refractivity contribution in [3.8, 4) is 11.5 Å². The maximum absolute atomic E-state index is 6.06. The summed E-state index contributed by atoms with van der Waals surface area (Å²) in [5.41, 5.74) is 8.62. The molecule has 0 aliphatic carbocycles. The zero-order chi connectivity index (χ0) is 20.2. The van der Waals surface area contributed by atoms with E-state index in [9.17, 15) is 0 Å². The van der Waals surface area contributed by atoms with Gasteiger partial charge in [0.1, 0.15) is 17.8 Å². The van der Waals surface area contributed by atoms with Gasteiger partial charge in [-0.05, 0) is 41.9 Å². The Hall–Kier alpha value is -3.26. The summed E-state index contributed by atoms with van der Waals surface area (Å²) in [4.78, 5) is 14.1. The molecular formula is C21H21N5O2S. The fraction of sp³-hybridized carbons (Fsp3) is 0.190. The van der Waals surface area contributed by atoms with E-state index >= 15 is 0 Å². The van der Waals surface area contributed by atoms with Crippen LogP contribution in [-0.2, 0) is 13.0 Å². The number of nitrogens with zero attached hydrogens (tertiary/aromatic N) is 4. The molecule has 0 bridgehead atoms. The molecule has 2 heterocycles. The molecule has 0 saturated carbocycles. The molecule has 4 rings (SSSR count). The third-order valence-corrected chi connectivity index (χ3v) is 5.60. The molecule has 8 heteroatoms. The number of benzene rings is 2. The number of aromatic nitrogens is 4. The molecule has 0 unspecified atom stereocenters. The van der Waals surface area contributed by atoms with Gasteiger partial charge in [-0.15, -0.1) is 0 Å². The Bertz CT molecular complexity index is 1130. The molecule has 0 spiro atoms. The summed E-state index contributed by atoms with van der Waals surface area (Å²) in [6, 6.07) is 16.0. The average Bonchev–Trinajstić information content (AvgIpc) is 3.11. The molecule has 2 aromatic carbocycles. The summed E-state index contributed by atoms with van der Waals surface area (Å²) >= 11 is 1.49. The highest BCUT2D eigenvalue weighted by Crippen LogP contribution is 2.38. The van der Waals surface area contributed by atoms with Crippen molar-refractivity contribution in [3.63, 3.8) is 0 Å². The Balaban J connectivity index is 1.74. The fourth-order valence-electron chi connectivity index (χ4n) is 3.06. The number of nitrogens with two attached hydrogens (primary N) is 1. The minimum atomic E-state index is 0.368. The van der Waals surface area contributed by atoms with Crippen molar-refractivity contribution in [1.29, 1.82) is 0 Å². The first-order valence-corrected chi connectivity index (χ1v) is 9.91. The monoisotopic (exact) mass is 407 g/mol. The molecule has 148 valence electrons. The highest BCUT2D eigenvalue weighted by Gasteiger charge is 2.18. The van der Waals surface area contributed by atoms with E-state index < -0.39 is 0 Å². The van der Waals surface area contributed by atoms with Crippen LogP contribution >= 0.6 is 11.8 Å². The number of methoxy groups -OCH3 is 2. The lowest BCUT2D eigenvalue weighted by Crippen LogP contribution is -2.04. The van der Waals surface area contributed by atoms with Gasteiger partial charge in [0.15, 0.2) is 22.1 Å². The predicted molar refractivity (Wildman–Crippen MR) is 114 cm³/mol. The van der Waals surface area contributed by atoms with Crippen LogP contribution in [0.4, 0.5) is 5.82 Å². The summed E-state index contributed by atoms with van der Waals surface area (Å²) < 4.78 is 13.0. The minimum absolute atomic E-state index is 0.368. The van der Waals surface area contributed by atoms with E-state index in [4.69, 9.17) is 20.2 Å². The van der Waals surface area contributed by atoms with Crippen LogP contribution in [-0.4, -0.2) is 33.7 Å². The van der Waals surface area contributed by atoms with Crippen LogP contribution in [0.3, 0.4) is 0 Å². The van der Waals surface area contributed by atoms with Gasteiger partial charge < -0.3 is 19.8 Å². The smallest absolute Gasteiger partial charge is 0.175 e. The number of hydrogen-bond donors (Lipinski definition) is 1. The van der Waals surface area contributed by atoms with Gasteiger partial charge in [0.05, 0.1) is 19.1 Å². The first kappa shape index (κ1) is 19.1. The summed E-state index contributed by atoms with van der Waals surface area (Å²) in [5.74, 6) is 1.86. The van der Waals surface area contributed by atoms with Gasteiger partial charge in [-0.3, -0.25) is 0 Å². The predicted octanol–water partition coefficient (Wildman–Crippen LogP) is 3.82. The zero-order valence-electron chi connectivity index (χ0n) is 16.2. The third kappa shape index (κ3) is 3.97. The van der Waals surface area contributed by atoms with E-state index in [1.807, 2.05) is 36.4 Å². The van der Waals surface area contributed by atoms with Crippen LogP contribution in [0.5, 0.6) is 11.5 Å². The van der Waals surface area contributed by atoms with Gasteiger partial charge in [-0.25, -0.2) is 15.0 Å². The largest absolute Gasteiger partial charge is 0.497 e. The quantitative estimate of drug-likeness (QED) is 0.498. The van der Waals surface area contributed by atoms with Crippen molar-refractivity contribution in [1.82, 2.24) is 19.5 Å². The number of aryl methyl sites for hydroxylation is 2. The topological polar surface area (TPSA) is 88.1 Å². The van der Waals surface area contributed by atoms with Gasteiger partial charge in [0.25, 0.3) is 0 Å². The molecule has 2 N–H and O–H groups in total. The number of imidazole rings is 1. The van der Waals surface area contributed by atoms with Crippen molar-refractivity contribution in [2.24, 2.45) is 0 Å². The van der Waals surface area contributed by atoms with Gasteiger partial charge >= 0.3 is 0 Å². The van der Waals surface area contributed by atoms with Crippen molar-refractivity contribution < 1.29 is 9.47 Å². The summed E-state index contributed by atoms with van der Waals surface area (Å²) in [5, 5.41) is 0.773. The highest BCUT2D eigenvalue weighted by molar-refractivity contribution is 7.99. The van der Waals surface area contributed by atoms with Crippen molar-refractivity contribution in [3.05, 3.63) is 60.4 Å². The number of hydrogen-bond acceptors (Lipinski definition) is 7. The summed E-state index contributed by atoms with van der Waals surface area (Å²) in [6.07, 6.45) is 2.32. The summed E-state index contributed by atoms with van der Waals surface area (Å²) in [6.45, 7) is 0.714. The second-order valence-corrected chi connectivity index (χ2v) is 7.34. The standard InChI is InChI=1S/C21H21N5O2S/c1-27-15-8-9-16(28-2)17(12-15)29-21-25-18-19(22)23-13-24-20(18)26(21)11-10-14-6-4-3-5-7-14/h3-9,12-13H,10-11H2,1-2H3,(H2,22,23,24). The van der Waals surface area contributed by atoms with Crippen LogP contribution in [0.25, 0.3) is 11.2 Å². The lowest BCUT2D eigenvalue weighted by molar-refractivity contribution is 0.394. The van der Waals surface area contributed by atoms with Crippen LogP contribution < -0.4 is 15.2 Å². The molecule has 0 aliphatic rings. The first-order valence-electron chi connectivity index (χ1n) is 9.10. The Morgan fingerprint density at radius 3 is 2.62 bits per heavy atom. The minimum Gasteiger partial charge on any atom is -0.497 e. The SMILES string of the molecule is COc1ccc(OC)c(Sc2nc3c(N)ncnc3n2CCc2ccccc2)c1. The number of rotatable bonds is 7. The molecule has 0 atom stereocenters. The van der Waals surface area contributed by atoms with Crippen LogP contribution in [0, 0.1) is 0 Å². The van der Waals surface area contributed by atoms with Crippen molar-refractivity contribution in [2.45, 2.75) is 23.0 Å². The van der Waals surface area contributed by atoms with E-state index in [-0.39, 0.29) is 0 Å². The molecule has 4 aromatic rings. The Kier molecular flexibility index (Phi) is 5.53. The number of anilines is 1. The number of fused-ring (bicyclic) bond motifs is 1. The van der Waals surface area contributed by atoms with Crippen LogP contribution in [0.2, 0.25) is 0 Å². The lowest BCUT2D eigenvalue weighted by atomic mass is 10.1. The van der Waals surface area contributed by atoms with E-state index in [1.54, 1.807) is 14.2 Å². The second-order valence-electron chi connectivity index (χ2n) is 6.33. The van der Waals surface area contributed by atoms with E-state index in [1.165, 1.54) is 23.7 Å². The molecule has 29 heavy (non-hydrogen) atoms. The first-order chi connectivity index (χ1) is 14.2. The number of ether oxygens (including phenoxy) is 2. The average molecular weight is 407 g/mol. The molecular weight excluding hydrogens is 386 g/mol. The van der Waals surface area contributed by atoms with E-state index in [2.05, 4.69) is 26.7 Å². The number of nitrogen functional groups attached to an aromatic ring is 1. The van der Waals surface area contributed by atoms with Crippen molar-refractivity contribution in [2.75, 3.05) is 20.0 Å². The zero-order valence-corrected chi connectivity index (χ0v) is 17.0. The molecule has 0 saturated heterocycles. The molecule has 2 aromatic heterocycles. The van der Waals surface area contributed by atoms with Crippen LogP contribution in [0.15, 0.2) is 64.9 Å². The lowest BCUT2D eigenvalue weighted by Gasteiger charge is -2.11. The molecule has 0 aliphatic heterocycles. The highest BCUT2D eigenvalue weighted by atomic mass is 32.2. The van der Waals surface area contributed by atoms with Gasteiger partial charge in [-0.2, -0.15) is 0 Å². The third-order valence-electron chi connectivity index (χ3n) is 4.56. The molecule has 0 fully saturated rings. The second kappa shape index (κ2) is 8.40. The Labute approximate surface area is 172 Å². The molecule has 7 nitrogen and oxygen atoms in total. The normalized spacial score (nSPS) is 11.0. The maximum Gasteiger partial charge on any atom is 0.175 e. The van der Waals surface area contributed by atoms with Gasteiger partial charge in [0.2, 0.25) is 0 Å². The van der Waals surface area contributed by atoms with Crippen molar-refractivity contribution >= 4 is 28.7 Å². The van der Waals surface area contributed by atoms with Crippen LogP contribution in [0.1, 0.15) is 5.56 Å². The summed E-state index contributed by atoms with van der Waals surface area (Å²) in [7, 11) is 3.29.